The van der Waals surface area contributed by atoms with Crippen LogP contribution in [0, 0.1) is 17.3 Å². The topological polar surface area (TPSA) is 76.7 Å². The molecule has 0 bridgehead atoms. The number of alkyl carbamates (subject to hydrolysis) is 1. The van der Waals surface area contributed by atoms with Gasteiger partial charge in [-0.2, -0.15) is 0 Å². The third-order valence-electron chi connectivity index (χ3n) is 6.24. The first-order valence-corrected chi connectivity index (χ1v) is 10.7. The minimum atomic E-state index is -0.457. The van der Waals surface area contributed by atoms with Gasteiger partial charge in [0.25, 0.3) is 0 Å². The van der Waals surface area contributed by atoms with E-state index in [0.717, 1.165) is 17.5 Å². The molecule has 6 nitrogen and oxygen atoms in total. The molecule has 1 aliphatic rings. The van der Waals surface area contributed by atoms with Crippen LogP contribution in [-0.2, 0) is 20.9 Å². The van der Waals surface area contributed by atoms with Crippen LogP contribution in [0.2, 0.25) is 0 Å². The van der Waals surface area contributed by atoms with E-state index in [1.165, 1.54) is 0 Å². The molecule has 0 unspecified atom stereocenters. The first-order chi connectivity index (χ1) is 15.0. The lowest BCUT2D eigenvalue weighted by molar-refractivity contribution is -0.125. The highest BCUT2D eigenvalue weighted by Crippen LogP contribution is 2.63. The van der Waals surface area contributed by atoms with Gasteiger partial charge in [-0.3, -0.25) is 4.79 Å². The quantitative estimate of drug-likeness (QED) is 0.564. The van der Waals surface area contributed by atoms with Crippen molar-refractivity contribution in [2.45, 2.75) is 32.9 Å². The second kappa shape index (κ2) is 10.4. The van der Waals surface area contributed by atoms with E-state index in [1.807, 2.05) is 67.6 Å². The maximum Gasteiger partial charge on any atom is 0.407 e. The summed E-state index contributed by atoms with van der Waals surface area (Å²) in [6, 6.07) is 19.2. The van der Waals surface area contributed by atoms with E-state index in [0.29, 0.717) is 13.2 Å². The van der Waals surface area contributed by atoms with Crippen LogP contribution in [0.3, 0.4) is 0 Å². The largest absolute Gasteiger partial charge is 0.445 e. The summed E-state index contributed by atoms with van der Waals surface area (Å²) in [4.78, 5) is 25.2. The lowest BCUT2D eigenvalue weighted by Crippen LogP contribution is -2.37. The third kappa shape index (κ3) is 5.85. The van der Waals surface area contributed by atoms with E-state index >= 15 is 0 Å². The van der Waals surface area contributed by atoms with Crippen LogP contribution in [0.25, 0.3) is 0 Å². The SMILES string of the molecule is COCCNC(=O)[C@H](C)[C@@H]1C[C@@]1(C)[C@@H](NC(=O)OCc1ccccc1)c1ccccc1. The monoisotopic (exact) mass is 424 g/mol. The average molecular weight is 425 g/mol. The van der Waals surface area contributed by atoms with E-state index < -0.39 is 6.09 Å². The molecular formula is C25H32N2O4. The van der Waals surface area contributed by atoms with Crippen LogP contribution in [0.4, 0.5) is 4.79 Å². The number of hydrogen-bond donors (Lipinski definition) is 2. The molecule has 1 aliphatic carbocycles. The Hall–Kier alpha value is -2.86. The van der Waals surface area contributed by atoms with Crippen molar-refractivity contribution in [3.63, 3.8) is 0 Å². The van der Waals surface area contributed by atoms with Crippen molar-refractivity contribution < 1.29 is 19.1 Å². The van der Waals surface area contributed by atoms with Crippen molar-refractivity contribution in [3.8, 4) is 0 Å². The third-order valence-corrected chi connectivity index (χ3v) is 6.24. The molecule has 2 N–H and O–H groups in total. The normalized spacial score (nSPS) is 21.6. The molecule has 6 heteroatoms. The number of nitrogens with one attached hydrogen (secondary N) is 2. The lowest BCUT2D eigenvalue weighted by atomic mass is 9.86. The molecular weight excluding hydrogens is 392 g/mol. The summed E-state index contributed by atoms with van der Waals surface area (Å²) >= 11 is 0. The van der Waals surface area contributed by atoms with E-state index in [9.17, 15) is 9.59 Å². The van der Waals surface area contributed by atoms with Crippen molar-refractivity contribution in [3.05, 3.63) is 71.8 Å². The molecule has 0 radical (unpaired) electrons. The van der Waals surface area contributed by atoms with Crippen LogP contribution < -0.4 is 10.6 Å². The van der Waals surface area contributed by atoms with Crippen molar-refractivity contribution in [2.75, 3.05) is 20.3 Å². The molecule has 0 spiro atoms. The standard InChI is InChI=1S/C25H32N2O4/c1-18(23(28)26-14-15-30-3)21-16-25(21,2)22(20-12-8-5-9-13-20)27-24(29)31-17-19-10-6-4-7-11-19/h4-13,18,21-22H,14-17H2,1-3H3,(H,26,28)(H,27,29)/t18-,21+,22+,25-/m1/s1. The van der Waals surface area contributed by atoms with Crippen molar-refractivity contribution in [1.29, 1.82) is 0 Å². The molecule has 0 aliphatic heterocycles. The zero-order valence-electron chi connectivity index (χ0n) is 18.5. The highest BCUT2D eigenvalue weighted by molar-refractivity contribution is 5.79. The zero-order valence-corrected chi connectivity index (χ0v) is 18.5. The summed E-state index contributed by atoms with van der Waals surface area (Å²) in [7, 11) is 1.61. The minimum Gasteiger partial charge on any atom is -0.445 e. The second-order valence-corrected chi connectivity index (χ2v) is 8.44. The Balaban J connectivity index is 1.67. The van der Waals surface area contributed by atoms with Crippen molar-refractivity contribution in [1.82, 2.24) is 10.6 Å². The lowest BCUT2D eigenvalue weighted by Gasteiger charge is -2.28. The smallest absolute Gasteiger partial charge is 0.407 e. The fourth-order valence-electron chi connectivity index (χ4n) is 4.27. The highest BCUT2D eigenvalue weighted by atomic mass is 16.5. The van der Waals surface area contributed by atoms with E-state index in [2.05, 4.69) is 17.6 Å². The van der Waals surface area contributed by atoms with Crippen molar-refractivity contribution >= 4 is 12.0 Å². The Bertz CT molecular complexity index is 858. The van der Waals surface area contributed by atoms with Gasteiger partial charge in [0, 0.05) is 19.6 Å². The number of carbonyl (C=O) groups excluding carboxylic acids is 2. The minimum absolute atomic E-state index is 0.0178. The van der Waals surface area contributed by atoms with Gasteiger partial charge in [0.1, 0.15) is 6.61 Å². The molecule has 4 atom stereocenters. The average Bonchev–Trinajstić information content (AvgIpc) is 3.49. The fourth-order valence-corrected chi connectivity index (χ4v) is 4.27. The maximum atomic E-state index is 12.6. The summed E-state index contributed by atoms with van der Waals surface area (Å²) in [6.07, 6.45) is 0.395. The second-order valence-electron chi connectivity index (χ2n) is 8.44. The van der Waals surface area contributed by atoms with Crippen molar-refractivity contribution in [2.24, 2.45) is 17.3 Å². The van der Waals surface area contributed by atoms with Crippen LogP contribution in [-0.4, -0.2) is 32.3 Å². The van der Waals surface area contributed by atoms with E-state index in [4.69, 9.17) is 9.47 Å². The van der Waals surface area contributed by atoms with Gasteiger partial charge in [0.05, 0.1) is 12.6 Å². The fraction of sp³-hybridized carbons (Fsp3) is 0.440. The number of hydrogen-bond acceptors (Lipinski definition) is 4. The predicted molar refractivity (Wildman–Crippen MR) is 119 cm³/mol. The van der Waals surface area contributed by atoms with Gasteiger partial charge in [-0.15, -0.1) is 0 Å². The molecule has 1 saturated carbocycles. The first-order valence-electron chi connectivity index (χ1n) is 10.7. The molecule has 0 saturated heterocycles. The van der Waals surface area contributed by atoms with Crippen LogP contribution in [0.15, 0.2) is 60.7 Å². The summed E-state index contributed by atoms with van der Waals surface area (Å²) in [5.74, 6) is 0.0223. The highest BCUT2D eigenvalue weighted by Gasteiger charge is 2.59. The Morgan fingerprint density at radius 2 is 1.74 bits per heavy atom. The molecule has 0 heterocycles. The Morgan fingerprint density at radius 3 is 2.39 bits per heavy atom. The Morgan fingerprint density at radius 1 is 1.10 bits per heavy atom. The molecule has 166 valence electrons. The van der Waals surface area contributed by atoms with Gasteiger partial charge in [0.15, 0.2) is 0 Å². The summed E-state index contributed by atoms with van der Waals surface area (Å²) in [5.41, 5.74) is 1.72. The number of carbonyl (C=O) groups is 2. The number of amides is 2. The molecule has 31 heavy (non-hydrogen) atoms. The number of ether oxygens (including phenoxy) is 2. The van der Waals surface area contributed by atoms with Gasteiger partial charge in [-0.05, 0) is 28.9 Å². The predicted octanol–water partition coefficient (Wildman–Crippen LogP) is 4.08. The van der Waals surface area contributed by atoms with Gasteiger partial charge in [-0.25, -0.2) is 4.79 Å². The van der Waals surface area contributed by atoms with Gasteiger partial charge >= 0.3 is 6.09 Å². The molecule has 2 aromatic carbocycles. The zero-order chi connectivity index (χ0) is 22.3. The van der Waals surface area contributed by atoms with Crippen LogP contribution in [0.5, 0.6) is 0 Å². The summed E-state index contributed by atoms with van der Waals surface area (Å²) < 4.78 is 10.5. The maximum absolute atomic E-state index is 12.6. The summed E-state index contributed by atoms with van der Waals surface area (Å²) in [6.45, 7) is 5.28. The van der Waals surface area contributed by atoms with E-state index in [1.54, 1.807) is 7.11 Å². The Kier molecular flexibility index (Phi) is 7.69. The van der Waals surface area contributed by atoms with Gasteiger partial charge < -0.3 is 20.1 Å². The summed E-state index contributed by atoms with van der Waals surface area (Å²) in [5, 5.41) is 5.99. The Labute approximate surface area is 184 Å². The van der Waals surface area contributed by atoms with E-state index in [-0.39, 0.29) is 35.8 Å². The molecule has 2 aromatic rings. The number of rotatable bonds is 10. The number of methoxy groups -OCH3 is 1. The molecule has 3 rings (SSSR count). The molecule has 0 aromatic heterocycles. The van der Waals surface area contributed by atoms with Crippen LogP contribution in [0.1, 0.15) is 37.4 Å². The first kappa shape index (κ1) is 22.8. The van der Waals surface area contributed by atoms with Gasteiger partial charge in [-0.1, -0.05) is 74.5 Å². The number of benzene rings is 2. The molecule has 1 fully saturated rings. The molecule has 2 amide bonds. The van der Waals surface area contributed by atoms with Crippen LogP contribution >= 0.6 is 0 Å². The van der Waals surface area contributed by atoms with Gasteiger partial charge in [0.2, 0.25) is 5.91 Å².